The molecule has 2 rings (SSSR count). The average molecular weight is 368 g/mol. The molecule has 10 heteroatoms. The van der Waals surface area contributed by atoms with Crippen LogP contribution in [0.1, 0.15) is 5.69 Å². The highest BCUT2D eigenvalue weighted by atomic mass is 79.9. The number of nitrogens with two attached hydrogens (primary N) is 2. The summed E-state index contributed by atoms with van der Waals surface area (Å²) in [7, 11) is -0.0219. The highest BCUT2D eigenvalue weighted by molar-refractivity contribution is 9.10. The highest BCUT2D eigenvalue weighted by Gasteiger charge is 2.39. The Morgan fingerprint density at radius 1 is 1.35 bits per heavy atom. The molecule has 0 aliphatic rings. The SMILES string of the molecule is CPn1nc(C(F)(F)F)c(N)c1-c1cc(Br)ncc1N. The van der Waals surface area contributed by atoms with Crippen molar-refractivity contribution in [3.05, 3.63) is 22.6 Å². The monoisotopic (exact) mass is 367 g/mol. The summed E-state index contributed by atoms with van der Waals surface area (Å²) >= 11 is 3.15. The van der Waals surface area contributed by atoms with Crippen LogP contribution in [0.25, 0.3) is 11.3 Å². The van der Waals surface area contributed by atoms with Crippen LogP contribution in [0.4, 0.5) is 24.5 Å². The summed E-state index contributed by atoms with van der Waals surface area (Å²) in [4.78, 5) is 3.91. The zero-order valence-corrected chi connectivity index (χ0v) is 12.7. The van der Waals surface area contributed by atoms with Crippen molar-refractivity contribution in [3.63, 3.8) is 0 Å². The van der Waals surface area contributed by atoms with Gasteiger partial charge < -0.3 is 11.5 Å². The average Bonchev–Trinajstić information content (AvgIpc) is 2.69. The van der Waals surface area contributed by atoms with Gasteiger partial charge in [-0.3, -0.25) is 0 Å². The summed E-state index contributed by atoms with van der Waals surface area (Å²) in [5.74, 6) is 0. The van der Waals surface area contributed by atoms with Gasteiger partial charge in [0.2, 0.25) is 0 Å². The quantitative estimate of drug-likeness (QED) is 0.631. The van der Waals surface area contributed by atoms with Crippen LogP contribution in [-0.2, 0) is 6.18 Å². The first kappa shape index (κ1) is 15.1. The third kappa shape index (κ3) is 2.60. The molecule has 0 saturated heterocycles. The lowest BCUT2D eigenvalue weighted by Gasteiger charge is -2.09. The van der Waals surface area contributed by atoms with Crippen LogP contribution in [0.15, 0.2) is 16.9 Å². The summed E-state index contributed by atoms with van der Waals surface area (Å²) in [6.07, 6.45) is -3.26. The number of rotatable bonds is 2. The van der Waals surface area contributed by atoms with E-state index < -0.39 is 17.6 Å². The molecule has 2 aromatic rings. The minimum Gasteiger partial charge on any atom is -0.397 e. The van der Waals surface area contributed by atoms with Crippen molar-refractivity contribution < 1.29 is 13.2 Å². The lowest BCUT2D eigenvalue weighted by molar-refractivity contribution is -0.140. The predicted molar refractivity (Wildman–Crippen MR) is 76.6 cm³/mol. The van der Waals surface area contributed by atoms with E-state index in [2.05, 4.69) is 26.0 Å². The summed E-state index contributed by atoms with van der Waals surface area (Å²) in [6.45, 7) is 1.70. The summed E-state index contributed by atoms with van der Waals surface area (Å²) in [5.41, 5.74) is 10.6. The smallest absolute Gasteiger partial charge is 0.397 e. The van der Waals surface area contributed by atoms with Gasteiger partial charge >= 0.3 is 6.18 Å². The summed E-state index contributed by atoms with van der Waals surface area (Å²) in [6, 6.07) is 1.51. The zero-order valence-electron chi connectivity index (χ0n) is 10.2. The molecule has 0 fully saturated rings. The first-order valence-corrected chi connectivity index (χ1v) is 7.54. The third-order valence-corrected chi connectivity index (χ3v) is 3.74. The fraction of sp³-hybridized carbons (Fsp3) is 0.200. The number of nitrogen functional groups attached to an aromatic ring is 2. The molecule has 5 nitrogen and oxygen atoms in total. The first-order chi connectivity index (χ1) is 9.25. The van der Waals surface area contributed by atoms with E-state index in [-0.39, 0.29) is 20.1 Å². The molecular formula is C10H10BrF3N5P. The van der Waals surface area contributed by atoms with Crippen LogP contribution in [0.3, 0.4) is 0 Å². The Bertz CT molecular complexity index is 655. The molecule has 0 radical (unpaired) electrons. The Morgan fingerprint density at radius 2 is 2.00 bits per heavy atom. The maximum atomic E-state index is 12.9. The maximum absolute atomic E-state index is 12.9. The van der Waals surface area contributed by atoms with E-state index >= 15 is 0 Å². The van der Waals surface area contributed by atoms with E-state index in [0.717, 1.165) is 0 Å². The normalized spacial score (nSPS) is 12.4. The van der Waals surface area contributed by atoms with Crippen molar-refractivity contribution in [2.24, 2.45) is 0 Å². The molecule has 108 valence electrons. The van der Waals surface area contributed by atoms with E-state index in [1.54, 1.807) is 6.66 Å². The predicted octanol–water partition coefficient (Wildman–Crippen LogP) is 2.96. The topological polar surface area (TPSA) is 82.8 Å². The Hall–Kier alpha value is -1.34. The molecule has 2 aromatic heterocycles. The van der Waals surface area contributed by atoms with Crippen molar-refractivity contribution >= 4 is 36.0 Å². The fourth-order valence-electron chi connectivity index (χ4n) is 1.71. The van der Waals surface area contributed by atoms with Gasteiger partial charge in [0.25, 0.3) is 0 Å². The minimum atomic E-state index is -4.61. The Morgan fingerprint density at radius 3 is 2.55 bits per heavy atom. The number of anilines is 2. The molecule has 0 bridgehead atoms. The molecule has 20 heavy (non-hydrogen) atoms. The second kappa shape index (κ2) is 5.21. The van der Waals surface area contributed by atoms with Gasteiger partial charge in [-0.25, -0.2) is 9.44 Å². The number of nitrogens with zero attached hydrogens (tertiary/aromatic N) is 3. The molecule has 0 aliphatic heterocycles. The highest BCUT2D eigenvalue weighted by Crippen LogP contribution is 2.42. The second-order valence-electron chi connectivity index (χ2n) is 3.84. The van der Waals surface area contributed by atoms with Crippen molar-refractivity contribution in [2.75, 3.05) is 18.1 Å². The van der Waals surface area contributed by atoms with E-state index in [1.165, 1.54) is 16.7 Å². The number of aromatic nitrogens is 3. The van der Waals surface area contributed by atoms with Gasteiger partial charge in [0.15, 0.2) is 5.69 Å². The van der Waals surface area contributed by atoms with Crippen LogP contribution in [0.2, 0.25) is 0 Å². The molecule has 2 heterocycles. The number of hydrogen-bond acceptors (Lipinski definition) is 4. The second-order valence-corrected chi connectivity index (χ2v) is 5.52. The molecule has 0 saturated carbocycles. The van der Waals surface area contributed by atoms with Crippen molar-refractivity contribution in [2.45, 2.75) is 6.18 Å². The maximum Gasteiger partial charge on any atom is 0.437 e. The Labute approximate surface area is 122 Å². The van der Waals surface area contributed by atoms with E-state index in [0.29, 0.717) is 10.2 Å². The summed E-state index contributed by atoms with van der Waals surface area (Å²) < 4.78 is 40.3. The first-order valence-electron chi connectivity index (χ1n) is 5.30. The van der Waals surface area contributed by atoms with Gasteiger partial charge in [-0.15, -0.1) is 0 Å². The van der Waals surface area contributed by atoms with Crippen LogP contribution in [0.5, 0.6) is 0 Å². The van der Waals surface area contributed by atoms with Crippen LogP contribution >= 0.6 is 24.7 Å². The fourth-order valence-corrected chi connectivity index (χ4v) is 2.70. The van der Waals surface area contributed by atoms with Gasteiger partial charge in [-0.2, -0.15) is 18.3 Å². The van der Waals surface area contributed by atoms with Gasteiger partial charge in [0, 0.05) is 14.3 Å². The number of pyridine rings is 1. The number of hydrogen-bond donors (Lipinski definition) is 2. The molecule has 1 unspecified atom stereocenters. The van der Waals surface area contributed by atoms with Crippen molar-refractivity contribution in [1.82, 2.24) is 14.5 Å². The number of halogens is 4. The molecule has 0 spiro atoms. The van der Waals surface area contributed by atoms with Crippen LogP contribution < -0.4 is 11.5 Å². The molecule has 0 aromatic carbocycles. The third-order valence-electron chi connectivity index (χ3n) is 2.56. The van der Waals surface area contributed by atoms with E-state index in [4.69, 9.17) is 11.5 Å². The Kier molecular flexibility index (Phi) is 3.93. The van der Waals surface area contributed by atoms with Gasteiger partial charge in [-0.05, 0) is 28.7 Å². The lowest BCUT2D eigenvalue weighted by Crippen LogP contribution is -2.08. The summed E-state index contributed by atoms with van der Waals surface area (Å²) in [5, 5.41) is 3.53. The Balaban J connectivity index is 2.73. The van der Waals surface area contributed by atoms with Gasteiger partial charge in [0.05, 0.1) is 23.3 Å². The number of alkyl halides is 3. The minimum absolute atomic E-state index is 0.0219. The van der Waals surface area contributed by atoms with Crippen LogP contribution in [0, 0.1) is 0 Å². The molecule has 0 aliphatic carbocycles. The molecule has 0 amide bonds. The molecular weight excluding hydrogens is 358 g/mol. The van der Waals surface area contributed by atoms with Crippen molar-refractivity contribution in [3.8, 4) is 11.3 Å². The van der Waals surface area contributed by atoms with Crippen molar-refractivity contribution in [1.29, 1.82) is 0 Å². The van der Waals surface area contributed by atoms with Crippen LogP contribution in [-0.4, -0.2) is 21.2 Å². The molecule has 1 atom stereocenters. The van der Waals surface area contributed by atoms with Gasteiger partial charge in [-0.1, -0.05) is 0 Å². The molecule has 4 N–H and O–H groups in total. The lowest BCUT2D eigenvalue weighted by atomic mass is 10.1. The zero-order chi connectivity index (χ0) is 15.1. The van der Waals surface area contributed by atoms with Gasteiger partial charge in [0.1, 0.15) is 4.60 Å². The van der Waals surface area contributed by atoms with E-state index in [1.807, 2.05) is 0 Å². The standard InChI is InChI=1S/C10H10BrF3N5P/c1-20-19-8(4-2-6(11)17-3-5(4)15)7(16)9(18-19)10(12,13)14/h2-3,20H,15-16H2,1H3. The van der Waals surface area contributed by atoms with E-state index in [9.17, 15) is 13.2 Å². The largest absolute Gasteiger partial charge is 0.437 e.